The zero-order valence-corrected chi connectivity index (χ0v) is 13.6. The van der Waals surface area contributed by atoms with Gasteiger partial charge in [-0.1, -0.05) is 43.3 Å². The molecule has 21 heavy (non-hydrogen) atoms. The molecule has 2 aromatic carbocycles. The number of rotatable bonds is 4. The first-order valence-electron chi connectivity index (χ1n) is 7.32. The van der Waals surface area contributed by atoms with Crippen molar-refractivity contribution >= 4 is 23.0 Å². The van der Waals surface area contributed by atoms with Gasteiger partial charge in [0, 0.05) is 5.69 Å². The van der Waals surface area contributed by atoms with E-state index in [1.54, 1.807) is 0 Å². The van der Waals surface area contributed by atoms with Crippen LogP contribution in [0, 0.1) is 6.92 Å². The van der Waals surface area contributed by atoms with E-state index in [0.717, 1.165) is 12.1 Å². The van der Waals surface area contributed by atoms with Crippen molar-refractivity contribution in [1.29, 1.82) is 0 Å². The Kier molecular flexibility index (Phi) is 5.34. The van der Waals surface area contributed by atoms with Crippen LogP contribution in [0.5, 0.6) is 0 Å². The van der Waals surface area contributed by atoms with E-state index in [-0.39, 0.29) is 6.04 Å². The molecule has 3 heteroatoms. The van der Waals surface area contributed by atoms with Gasteiger partial charge in [-0.3, -0.25) is 0 Å². The molecule has 0 heterocycles. The Balaban J connectivity index is 1.96. The number of anilines is 1. The molecule has 0 bridgehead atoms. The summed E-state index contributed by atoms with van der Waals surface area (Å²) in [6, 6.07) is 16.9. The molecule has 2 aromatic rings. The smallest absolute Gasteiger partial charge is 0.171 e. The van der Waals surface area contributed by atoms with Gasteiger partial charge in [0.15, 0.2) is 5.11 Å². The van der Waals surface area contributed by atoms with Gasteiger partial charge in [-0.2, -0.15) is 0 Å². The molecule has 1 atom stereocenters. The van der Waals surface area contributed by atoms with Gasteiger partial charge in [0.2, 0.25) is 0 Å². The summed E-state index contributed by atoms with van der Waals surface area (Å²) in [5.41, 5.74) is 4.88. The summed E-state index contributed by atoms with van der Waals surface area (Å²) in [6.07, 6.45) is 1.05. The second kappa shape index (κ2) is 7.23. The van der Waals surface area contributed by atoms with Crippen LogP contribution >= 0.6 is 12.2 Å². The second-order valence-corrected chi connectivity index (χ2v) is 5.64. The van der Waals surface area contributed by atoms with Crippen molar-refractivity contribution in [2.75, 3.05) is 5.32 Å². The van der Waals surface area contributed by atoms with Crippen LogP contribution < -0.4 is 10.6 Å². The van der Waals surface area contributed by atoms with Crippen LogP contribution in [0.3, 0.4) is 0 Å². The summed E-state index contributed by atoms with van der Waals surface area (Å²) in [4.78, 5) is 0. The largest absolute Gasteiger partial charge is 0.356 e. The minimum absolute atomic E-state index is 0.182. The van der Waals surface area contributed by atoms with Gasteiger partial charge in [-0.25, -0.2) is 0 Å². The van der Waals surface area contributed by atoms with Gasteiger partial charge >= 0.3 is 0 Å². The Hall–Kier alpha value is -1.87. The lowest BCUT2D eigenvalue weighted by molar-refractivity contribution is 0.717. The molecule has 0 radical (unpaired) electrons. The zero-order chi connectivity index (χ0) is 15.2. The van der Waals surface area contributed by atoms with Crippen LogP contribution in [-0.4, -0.2) is 5.11 Å². The van der Waals surface area contributed by atoms with Gasteiger partial charge in [0.1, 0.15) is 0 Å². The van der Waals surface area contributed by atoms with E-state index in [4.69, 9.17) is 12.2 Å². The number of hydrogen-bond donors (Lipinski definition) is 2. The van der Waals surface area contributed by atoms with E-state index in [1.807, 2.05) is 0 Å². The lowest BCUT2D eigenvalue weighted by Crippen LogP contribution is -2.31. The number of hydrogen-bond acceptors (Lipinski definition) is 1. The first-order valence-corrected chi connectivity index (χ1v) is 7.73. The van der Waals surface area contributed by atoms with Crippen LogP contribution in [0.4, 0.5) is 5.69 Å². The maximum Gasteiger partial charge on any atom is 0.171 e. The first-order chi connectivity index (χ1) is 10.1. The Labute approximate surface area is 132 Å². The summed E-state index contributed by atoms with van der Waals surface area (Å²) in [5, 5.41) is 7.22. The summed E-state index contributed by atoms with van der Waals surface area (Å²) in [7, 11) is 0. The fraction of sp³-hybridized carbons (Fsp3) is 0.278. The quantitative estimate of drug-likeness (QED) is 0.806. The molecule has 2 nitrogen and oxygen atoms in total. The minimum atomic E-state index is 0.182. The highest BCUT2D eigenvalue weighted by atomic mass is 32.1. The average molecular weight is 298 g/mol. The van der Waals surface area contributed by atoms with Crippen LogP contribution in [0.1, 0.15) is 36.6 Å². The monoisotopic (exact) mass is 298 g/mol. The fourth-order valence-electron chi connectivity index (χ4n) is 2.34. The Morgan fingerprint density at radius 2 is 1.76 bits per heavy atom. The van der Waals surface area contributed by atoms with E-state index in [1.165, 1.54) is 16.7 Å². The molecule has 0 saturated heterocycles. The highest BCUT2D eigenvalue weighted by Crippen LogP contribution is 2.17. The van der Waals surface area contributed by atoms with Crippen LogP contribution in [-0.2, 0) is 6.42 Å². The molecule has 0 spiro atoms. The summed E-state index contributed by atoms with van der Waals surface area (Å²) in [6.45, 7) is 6.39. The fourth-order valence-corrected chi connectivity index (χ4v) is 2.63. The van der Waals surface area contributed by atoms with Gasteiger partial charge in [-0.15, -0.1) is 0 Å². The van der Waals surface area contributed by atoms with Crippen molar-refractivity contribution < 1.29 is 0 Å². The zero-order valence-electron chi connectivity index (χ0n) is 12.8. The molecular weight excluding hydrogens is 276 g/mol. The molecule has 2 N–H and O–H groups in total. The van der Waals surface area contributed by atoms with Crippen LogP contribution in [0.15, 0.2) is 48.5 Å². The molecule has 1 unspecified atom stereocenters. The SMILES string of the molecule is CCc1ccc(NC(=S)NC(C)c2ccccc2C)cc1. The van der Waals surface area contributed by atoms with Crippen LogP contribution in [0.25, 0.3) is 0 Å². The summed E-state index contributed by atoms with van der Waals surface area (Å²) >= 11 is 5.39. The van der Waals surface area contributed by atoms with E-state index in [0.29, 0.717) is 5.11 Å². The van der Waals surface area contributed by atoms with Crippen molar-refractivity contribution in [3.63, 3.8) is 0 Å². The minimum Gasteiger partial charge on any atom is -0.356 e. The van der Waals surface area contributed by atoms with Gasteiger partial charge in [-0.05, 0) is 61.3 Å². The van der Waals surface area contributed by atoms with E-state index in [9.17, 15) is 0 Å². The average Bonchev–Trinajstić information content (AvgIpc) is 2.48. The number of aryl methyl sites for hydroxylation is 2. The molecule has 0 aliphatic rings. The molecule has 0 fully saturated rings. The topological polar surface area (TPSA) is 24.1 Å². The third-order valence-corrected chi connectivity index (χ3v) is 3.84. The van der Waals surface area contributed by atoms with Crippen molar-refractivity contribution in [1.82, 2.24) is 5.32 Å². The lowest BCUT2D eigenvalue weighted by atomic mass is 10.0. The highest BCUT2D eigenvalue weighted by Gasteiger charge is 2.09. The first kappa shape index (κ1) is 15.5. The summed E-state index contributed by atoms with van der Waals surface area (Å²) < 4.78 is 0. The third-order valence-electron chi connectivity index (χ3n) is 3.62. The van der Waals surface area contributed by atoms with Gasteiger partial charge in [0.25, 0.3) is 0 Å². The Morgan fingerprint density at radius 1 is 1.10 bits per heavy atom. The number of nitrogens with one attached hydrogen (secondary N) is 2. The van der Waals surface area contributed by atoms with Gasteiger partial charge < -0.3 is 10.6 Å². The molecule has 0 aromatic heterocycles. The summed E-state index contributed by atoms with van der Waals surface area (Å²) in [5.74, 6) is 0. The molecule has 0 amide bonds. The Morgan fingerprint density at radius 3 is 2.38 bits per heavy atom. The molecular formula is C18H22N2S. The van der Waals surface area contributed by atoms with Crippen molar-refractivity contribution in [3.05, 3.63) is 65.2 Å². The molecule has 0 aliphatic heterocycles. The molecule has 2 rings (SSSR count). The number of thiocarbonyl (C=S) groups is 1. The van der Waals surface area contributed by atoms with Crippen molar-refractivity contribution in [3.8, 4) is 0 Å². The second-order valence-electron chi connectivity index (χ2n) is 5.23. The normalized spacial score (nSPS) is 11.8. The molecule has 0 saturated carbocycles. The number of benzene rings is 2. The van der Waals surface area contributed by atoms with Crippen LogP contribution in [0.2, 0.25) is 0 Å². The van der Waals surface area contributed by atoms with Crippen molar-refractivity contribution in [2.45, 2.75) is 33.2 Å². The standard InChI is InChI=1S/C18H22N2S/c1-4-15-9-11-16(12-10-15)20-18(21)19-14(3)17-8-6-5-7-13(17)2/h5-12,14H,4H2,1-3H3,(H2,19,20,21). The third kappa shape index (κ3) is 4.30. The Bertz CT molecular complexity index is 605. The van der Waals surface area contributed by atoms with Gasteiger partial charge in [0.05, 0.1) is 6.04 Å². The predicted octanol–water partition coefficient (Wildman–Crippen LogP) is 4.61. The van der Waals surface area contributed by atoms with Crippen molar-refractivity contribution in [2.24, 2.45) is 0 Å². The molecule has 0 aliphatic carbocycles. The highest BCUT2D eigenvalue weighted by molar-refractivity contribution is 7.80. The predicted molar refractivity (Wildman–Crippen MR) is 94.8 cm³/mol. The molecule has 110 valence electrons. The van der Waals surface area contributed by atoms with E-state index >= 15 is 0 Å². The maximum atomic E-state index is 5.39. The van der Waals surface area contributed by atoms with E-state index < -0.39 is 0 Å². The maximum absolute atomic E-state index is 5.39. The van der Waals surface area contributed by atoms with E-state index in [2.05, 4.69) is 79.9 Å². The lowest BCUT2D eigenvalue weighted by Gasteiger charge is -2.19.